The second-order valence-corrected chi connectivity index (χ2v) is 5.15. The lowest BCUT2D eigenvalue weighted by atomic mass is 10.1. The maximum Gasteiger partial charge on any atom is 0.136 e. The van der Waals surface area contributed by atoms with Gasteiger partial charge in [-0.3, -0.25) is 0 Å². The molecule has 0 fully saturated rings. The monoisotopic (exact) mass is 295 g/mol. The van der Waals surface area contributed by atoms with E-state index < -0.39 is 0 Å². The molecule has 2 aromatic carbocycles. The third-order valence-electron chi connectivity index (χ3n) is 2.84. The molecule has 0 aliphatic carbocycles. The smallest absolute Gasteiger partial charge is 0.136 e. The van der Waals surface area contributed by atoms with Gasteiger partial charge in [-0.15, -0.1) is 0 Å². The minimum atomic E-state index is -0.223. The standard InChI is InChI=1S/C15H15Cl2NO/c1-10-7-13(5-6-14(10)17)19-15(9-18)11-3-2-4-12(16)8-11/h2-8,15H,9,18H2,1H3. The quantitative estimate of drug-likeness (QED) is 0.908. The van der Waals surface area contributed by atoms with E-state index in [0.717, 1.165) is 21.9 Å². The molecule has 0 bridgehead atoms. The third kappa shape index (κ3) is 3.63. The van der Waals surface area contributed by atoms with E-state index in [0.29, 0.717) is 11.6 Å². The summed E-state index contributed by atoms with van der Waals surface area (Å²) in [5.74, 6) is 0.748. The summed E-state index contributed by atoms with van der Waals surface area (Å²) in [4.78, 5) is 0. The number of hydrogen-bond acceptors (Lipinski definition) is 2. The van der Waals surface area contributed by atoms with Crippen molar-refractivity contribution < 1.29 is 4.74 Å². The molecule has 2 N–H and O–H groups in total. The Bertz CT molecular complexity index is 572. The Labute approximate surface area is 123 Å². The van der Waals surface area contributed by atoms with Gasteiger partial charge < -0.3 is 10.5 Å². The predicted octanol–water partition coefficient (Wildman–Crippen LogP) is 4.38. The highest BCUT2D eigenvalue weighted by atomic mass is 35.5. The second kappa shape index (κ2) is 6.29. The SMILES string of the molecule is Cc1cc(OC(CN)c2cccc(Cl)c2)ccc1Cl. The van der Waals surface area contributed by atoms with E-state index >= 15 is 0 Å². The van der Waals surface area contributed by atoms with E-state index in [9.17, 15) is 0 Å². The van der Waals surface area contributed by atoms with Crippen LogP contribution in [0.2, 0.25) is 10.0 Å². The lowest BCUT2D eigenvalue weighted by Crippen LogP contribution is -2.18. The van der Waals surface area contributed by atoms with Crippen LogP contribution >= 0.6 is 23.2 Å². The number of hydrogen-bond donors (Lipinski definition) is 1. The van der Waals surface area contributed by atoms with Crippen molar-refractivity contribution in [3.05, 3.63) is 63.6 Å². The van der Waals surface area contributed by atoms with Crippen LogP contribution in [0.1, 0.15) is 17.2 Å². The van der Waals surface area contributed by atoms with Crippen LogP contribution in [-0.4, -0.2) is 6.54 Å². The molecular formula is C15H15Cl2NO. The summed E-state index contributed by atoms with van der Waals surface area (Å²) in [6.07, 6.45) is -0.223. The zero-order valence-electron chi connectivity index (χ0n) is 10.6. The summed E-state index contributed by atoms with van der Waals surface area (Å²) in [5.41, 5.74) is 7.71. The fraction of sp³-hybridized carbons (Fsp3) is 0.200. The number of nitrogens with two attached hydrogens (primary N) is 1. The van der Waals surface area contributed by atoms with Gasteiger partial charge in [0.05, 0.1) is 0 Å². The van der Waals surface area contributed by atoms with Crippen molar-refractivity contribution in [2.75, 3.05) is 6.54 Å². The van der Waals surface area contributed by atoms with Crippen LogP contribution < -0.4 is 10.5 Å². The van der Waals surface area contributed by atoms with Crippen molar-refractivity contribution in [2.45, 2.75) is 13.0 Å². The molecule has 0 spiro atoms. The molecule has 2 rings (SSSR count). The number of rotatable bonds is 4. The number of benzene rings is 2. The molecule has 19 heavy (non-hydrogen) atoms. The normalized spacial score (nSPS) is 12.2. The Morgan fingerprint density at radius 1 is 1.16 bits per heavy atom. The van der Waals surface area contributed by atoms with E-state index in [1.165, 1.54) is 0 Å². The highest BCUT2D eigenvalue weighted by molar-refractivity contribution is 6.31. The van der Waals surface area contributed by atoms with Crippen molar-refractivity contribution in [1.29, 1.82) is 0 Å². The van der Waals surface area contributed by atoms with Gasteiger partial charge in [0, 0.05) is 16.6 Å². The first kappa shape index (κ1) is 14.2. The van der Waals surface area contributed by atoms with Crippen molar-refractivity contribution >= 4 is 23.2 Å². The van der Waals surface area contributed by atoms with Crippen molar-refractivity contribution in [3.8, 4) is 5.75 Å². The summed E-state index contributed by atoms with van der Waals surface area (Å²) in [6, 6.07) is 13.1. The highest BCUT2D eigenvalue weighted by Gasteiger charge is 2.12. The van der Waals surface area contributed by atoms with Gasteiger partial charge in [-0.2, -0.15) is 0 Å². The molecule has 0 aliphatic heterocycles. The highest BCUT2D eigenvalue weighted by Crippen LogP contribution is 2.26. The molecule has 0 radical (unpaired) electrons. The van der Waals surface area contributed by atoms with Gasteiger partial charge in [0.15, 0.2) is 0 Å². The first-order valence-electron chi connectivity index (χ1n) is 5.98. The minimum Gasteiger partial charge on any atom is -0.484 e. The molecular weight excluding hydrogens is 281 g/mol. The van der Waals surface area contributed by atoms with Crippen LogP contribution in [-0.2, 0) is 0 Å². The molecule has 0 amide bonds. The zero-order valence-corrected chi connectivity index (χ0v) is 12.1. The molecule has 100 valence electrons. The van der Waals surface area contributed by atoms with Crippen LogP contribution in [0, 0.1) is 6.92 Å². The number of ether oxygens (including phenoxy) is 1. The lowest BCUT2D eigenvalue weighted by molar-refractivity contribution is 0.214. The van der Waals surface area contributed by atoms with E-state index in [1.807, 2.05) is 49.4 Å². The molecule has 0 saturated heterocycles. The van der Waals surface area contributed by atoms with Crippen LogP contribution in [0.3, 0.4) is 0 Å². The van der Waals surface area contributed by atoms with Crippen LogP contribution in [0.15, 0.2) is 42.5 Å². The Balaban J connectivity index is 2.21. The maximum absolute atomic E-state index is 5.99. The van der Waals surface area contributed by atoms with E-state index in [-0.39, 0.29) is 6.10 Å². The van der Waals surface area contributed by atoms with Gasteiger partial charge >= 0.3 is 0 Å². The summed E-state index contributed by atoms with van der Waals surface area (Å²) in [5, 5.41) is 1.39. The predicted molar refractivity (Wildman–Crippen MR) is 80.1 cm³/mol. The van der Waals surface area contributed by atoms with E-state index in [4.69, 9.17) is 33.7 Å². The average molecular weight is 296 g/mol. The van der Waals surface area contributed by atoms with E-state index in [2.05, 4.69) is 0 Å². The first-order chi connectivity index (χ1) is 9.10. The summed E-state index contributed by atoms with van der Waals surface area (Å²) < 4.78 is 5.90. The number of halogens is 2. The average Bonchev–Trinajstić information content (AvgIpc) is 2.40. The van der Waals surface area contributed by atoms with Gasteiger partial charge in [0.25, 0.3) is 0 Å². The largest absolute Gasteiger partial charge is 0.484 e. The lowest BCUT2D eigenvalue weighted by Gasteiger charge is -2.18. The maximum atomic E-state index is 5.99. The van der Waals surface area contributed by atoms with Gasteiger partial charge in [-0.25, -0.2) is 0 Å². The molecule has 2 nitrogen and oxygen atoms in total. The van der Waals surface area contributed by atoms with Crippen molar-refractivity contribution in [2.24, 2.45) is 5.73 Å². The fourth-order valence-corrected chi connectivity index (χ4v) is 2.13. The molecule has 0 heterocycles. The topological polar surface area (TPSA) is 35.2 Å². The summed E-state index contributed by atoms with van der Waals surface area (Å²) in [7, 11) is 0. The minimum absolute atomic E-state index is 0.223. The second-order valence-electron chi connectivity index (χ2n) is 4.31. The molecule has 0 aliphatic rings. The first-order valence-corrected chi connectivity index (χ1v) is 6.74. The zero-order chi connectivity index (χ0) is 13.8. The molecule has 0 saturated carbocycles. The summed E-state index contributed by atoms with van der Waals surface area (Å²) >= 11 is 12.0. The Hall–Kier alpha value is -1.22. The molecule has 4 heteroatoms. The molecule has 1 unspecified atom stereocenters. The summed E-state index contributed by atoms with van der Waals surface area (Å²) in [6.45, 7) is 2.31. The molecule has 0 aromatic heterocycles. The van der Waals surface area contributed by atoms with Crippen molar-refractivity contribution in [3.63, 3.8) is 0 Å². The Kier molecular flexibility index (Phi) is 4.70. The van der Waals surface area contributed by atoms with Gasteiger partial charge in [-0.1, -0.05) is 35.3 Å². The fourth-order valence-electron chi connectivity index (χ4n) is 1.81. The third-order valence-corrected chi connectivity index (χ3v) is 3.50. The Morgan fingerprint density at radius 2 is 1.95 bits per heavy atom. The Morgan fingerprint density at radius 3 is 2.58 bits per heavy atom. The van der Waals surface area contributed by atoms with E-state index in [1.54, 1.807) is 0 Å². The number of aryl methyl sites for hydroxylation is 1. The van der Waals surface area contributed by atoms with Gasteiger partial charge in [-0.05, 0) is 48.4 Å². The molecule has 2 aromatic rings. The van der Waals surface area contributed by atoms with Crippen LogP contribution in [0.5, 0.6) is 5.75 Å². The van der Waals surface area contributed by atoms with Crippen LogP contribution in [0.4, 0.5) is 0 Å². The van der Waals surface area contributed by atoms with Crippen LogP contribution in [0.25, 0.3) is 0 Å². The van der Waals surface area contributed by atoms with Gasteiger partial charge in [0.2, 0.25) is 0 Å². The van der Waals surface area contributed by atoms with Crippen molar-refractivity contribution in [1.82, 2.24) is 0 Å². The van der Waals surface area contributed by atoms with Gasteiger partial charge in [0.1, 0.15) is 11.9 Å². The molecule has 1 atom stereocenters.